The van der Waals surface area contributed by atoms with Gasteiger partial charge in [0.1, 0.15) is 58.2 Å². The number of hydrogen-bond donors (Lipinski definition) is 7. The zero-order valence-electron chi connectivity index (χ0n) is 33.8. The maximum Gasteiger partial charge on any atom is 0.324 e. The predicted octanol–water partition coefficient (Wildman–Crippen LogP) is 5.17. The number of hydrogen-bond acceptors (Lipinski definition) is 15. The monoisotopic (exact) mass is 859 g/mol. The minimum atomic E-state index is -0.796. The molecule has 12 N–H and O–H groups in total. The Morgan fingerprint density at radius 1 is 0.677 bits per heavy atom. The summed E-state index contributed by atoms with van der Waals surface area (Å²) in [6, 6.07) is 25.0. The molecule has 0 aliphatic carbocycles. The minimum Gasteiger partial charge on any atom is -0.457 e. The van der Waals surface area contributed by atoms with Gasteiger partial charge < -0.3 is 48.8 Å². The molecule has 20 heteroatoms. The number of amides is 4. The van der Waals surface area contributed by atoms with Crippen molar-refractivity contribution in [1.82, 2.24) is 24.9 Å². The number of benzene rings is 3. The van der Waals surface area contributed by atoms with Gasteiger partial charge in [-0.1, -0.05) is 25.4 Å². The van der Waals surface area contributed by atoms with Gasteiger partial charge in [-0.25, -0.2) is 15.0 Å². The van der Waals surface area contributed by atoms with E-state index < -0.39 is 35.7 Å². The van der Waals surface area contributed by atoms with E-state index in [1.807, 2.05) is 19.9 Å². The lowest BCUT2D eigenvalue weighted by atomic mass is 10.1. The summed E-state index contributed by atoms with van der Waals surface area (Å²) in [4.78, 5) is 66.6. The number of nitrogens with zero attached hydrogens (tertiary/aromatic N) is 6. The van der Waals surface area contributed by atoms with Crippen LogP contribution >= 0.6 is 11.6 Å². The van der Waals surface area contributed by atoms with Crippen LogP contribution in [0.2, 0.25) is 5.02 Å². The third-order valence-electron chi connectivity index (χ3n) is 8.09. The Morgan fingerprint density at radius 2 is 1.23 bits per heavy atom. The number of nitrogen functional groups attached to an aromatic ring is 1. The van der Waals surface area contributed by atoms with Crippen LogP contribution in [-0.4, -0.2) is 60.6 Å². The molecule has 3 heterocycles. The molecule has 4 amide bonds. The molecule has 0 fully saturated rings. The quantitative estimate of drug-likeness (QED) is 0.0743. The molecule has 318 valence electrons. The highest BCUT2D eigenvalue weighted by Crippen LogP contribution is 2.35. The number of pyridine rings is 1. The van der Waals surface area contributed by atoms with Crippen LogP contribution in [0.25, 0.3) is 22.5 Å². The second-order valence-electron chi connectivity index (χ2n) is 12.6. The van der Waals surface area contributed by atoms with Crippen LogP contribution in [0.15, 0.2) is 97.2 Å². The fraction of sp³-hybridized carbons (Fsp3) is 0.143. The first-order chi connectivity index (χ1) is 29.6. The lowest BCUT2D eigenvalue weighted by Gasteiger charge is -2.14. The van der Waals surface area contributed by atoms with Crippen LogP contribution in [0.1, 0.15) is 54.2 Å². The zero-order valence-corrected chi connectivity index (χ0v) is 34.5. The number of carbonyl (C=O) groups is 4. The van der Waals surface area contributed by atoms with Crippen LogP contribution in [0, 0.1) is 11.3 Å². The van der Waals surface area contributed by atoms with E-state index in [-0.39, 0.29) is 34.9 Å². The normalized spacial score (nSPS) is 11.1. The maximum absolute atomic E-state index is 11.7. The second-order valence-corrected chi connectivity index (χ2v) is 13.1. The van der Waals surface area contributed by atoms with Crippen molar-refractivity contribution in [2.45, 2.75) is 39.8 Å². The van der Waals surface area contributed by atoms with Gasteiger partial charge in [0.2, 0.25) is 11.8 Å². The van der Waals surface area contributed by atoms with E-state index in [1.165, 1.54) is 12.1 Å². The van der Waals surface area contributed by atoms with Gasteiger partial charge in [-0.3, -0.25) is 19.2 Å². The number of nitriles is 1. The summed E-state index contributed by atoms with van der Waals surface area (Å²) < 4.78 is 11.6. The van der Waals surface area contributed by atoms with Crippen molar-refractivity contribution in [3.8, 4) is 51.8 Å². The van der Waals surface area contributed by atoms with Gasteiger partial charge >= 0.3 is 6.01 Å². The molecule has 6 rings (SSSR count). The number of nitrogens with two attached hydrogens (primary N) is 5. The first kappa shape index (κ1) is 46.3. The fourth-order valence-corrected chi connectivity index (χ4v) is 5.14. The third-order valence-corrected chi connectivity index (χ3v) is 8.32. The van der Waals surface area contributed by atoms with Crippen LogP contribution in [0.4, 0.5) is 17.5 Å². The third kappa shape index (κ3) is 13.1. The van der Waals surface area contributed by atoms with Gasteiger partial charge in [0.15, 0.2) is 5.82 Å². The van der Waals surface area contributed by atoms with Crippen LogP contribution in [-0.2, 0) is 9.59 Å². The van der Waals surface area contributed by atoms with E-state index in [1.54, 1.807) is 98.9 Å². The summed E-state index contributed by atoms with van der Waals surface area (Å²) in [6.45, 7) is 7.11. The molecule has 0 saturated carbocycles. The number of aromatic nitrogens is 5. The zero-order chi connectivity index (χ0) is 45.5. The van der Waals surface area contributed by atoms with Gasteiger partial charge in [-0.15, -0.1) is 0 Å². The minimum absolute atomic E-state index is 0.00270. The van der Waals surface area contributed by atoms with Gasteiger partial charge in [-0.2, -0.15) is 15.2 Å². The van der Waals surface area contributed by atoms with Crippen molar-refractivity contribution in [2.75, 3.05) is 16.4 Å². The Bertz CT molecular complexity index is 2610. The Labute approximate surface area is 360 Å². The number of anilines is 3. The van der Waals surface area contributed by atoms with Gasteiger partial charge in [0.25, 0.3) is 11.8 Å². The van der Waals surface area contributed by atoms with E-state index in [2.05, 4.69) is 35.6 Å². The van der Waals surface area contributed by atoms with E-state index in [4.69, 9.17) is 55.0 Å². The van der Waals surface area contributed by atoms with Crippen LogP contribution < -0.4 is 48.8 Å². The molecule has 19 nitrogen and oxygen atoms in total. The fourth-order valence-electron chi connectivity index (χ4n) is 4.97. The summed E-state index contributed by atoms with van der Waals surface area (Å²) in [5.74, 6) is -0.248. The SMILES string of the molecule is CC.CC(Nc1cc(C(N)=O)nc(Oc2ccc(Cl)cc2-c2ccnc(N)c2)n1)C(N)=O.C[C@H](Nc1cc(C(N)=O)nc(-c2ccc(Oc3ccc(C#N)cc3)cc2)n1)C(N)=O. The lowest BCUT2D eigenvalue weighted by molar-refractivity contribution is -0.119. The van der Waals surface area contributed by atoms with E-state index in [0.29, 0.717) is 50.3 Å². The first-order valence-corrected chi connectivity index (χ1v) is 18.9. The summed E-state index contributed by atoms with van der Waals surface area (Å²) in [5.41, 5.74) is 29.3. The molecule has 0 aliphatic rings. The standard InChI is InChI=1S/C21H18N6O3.C19H18ClN7O3.C2H6/c1-12(19(23)28)25-18-10-17(20(24)29)26-21(27-18)14-4-8-16(9-5-14)30-15-6-2-13(11-22)3-7-15;1-9(17(22)28)25-16-8-13(18(23)29)26-19(27-16)30-14-3-2-11(20)7-12(14)10-4-5-24-15(21)6-10;1-2/h2-10,12H,1H3,(H2,23,28)(H2,24,29)(H,25,26,27);2-9H,1H3,(H2,21,24)(H2,22,28)(H2,23,29)(H,25,26,27);1-2H3/t12-;;/m0../s1. The van der Waals surface area contributed by atoms with E-state index >= 15 is 0 Å². The van der Waals surface area contributed by atoms with Gasteiger partial charge in [0.05, 0.1) is 11.6 Å². The second kappa shape index (κ2) is 21.6. The average Bonchev–Trinajstić information content (AvgIpc) is 3.25. The molecule has 0 radical (unpaired) electrons. The number of nitrogens with one attached hydrogen (secondary N) is 2. The smallest absolute Gasteiger partial charge is 0.324 e. The Kier molecular flexibility index (Phi) is 16.1. The van der Waals surface area contributed by atoms with Crippen LogP contribution in [0.3, 0.4) is 0 Å². The molecule has 0 bridgehead atoms. The molecule has 62 heavy (non-hydrogen) atoms. The summed E-state index contributed by atoms with van der Waals surface area (Å²) >= 11 is 6.14. The van der Waals surface area contributed by atoms with Crippen molar-refractivity contribution >= 4 is 52.7 Å². The summed E-state index contributed by atoms with van der Waals surface area (Å²) in [5, 5.41) is 14.9. The molecule has 1 unspecified atom stereocenters. The number of rotatable bonds is 14. The number of carbonyl (C=O) groups excluding carboxylic acids is 4. The molecule has 6 aromatic rings. The summed E-state index contributed by atoms with van der Waals surface area (Å²) in [6.07, 6.45) is 1.55. The lowest BCUT2D eigenvalue weighted by Crippen LogP contribution is -2.33. The van der Waals surface area contributed by atoms with E-state index in [9.17, 15) is 19.2 Å². The predicted molar refractivity (Wildman–Crippen MR) is 233 cm³/mol. The highest BCUT2D eigenvalue weighted by molar-refractivity contribution is 6.31. The Balaban J connectivity index is 0.000000262. The van der Waals surface area contributed by atoms with Crippen molar-refractivity contribution in [3.63, 3.8) is 0 Å². The summed E-state index contributed by atoms with van der Waals surface area (Å²) in [7, 11) is 0. The topological polar surface area (TPSA) is 329 Å². The van der Waals surface area contributed by atoms with Crippen molar-refractivity contribution < 1.29 is 28.7 Å². The number of primary amides is 4. The molecule has 0 saturated heterocycles. The molecular weight excluding hydrogens is 818 g/mol. The molecule has 2 atom stereocenters. The van der Waals surface area contributed by atoms with Crippen molar-refractivity contribution in [1.29, 1.82) is 5.26 Å². The molecule has 0 aliphatic heterocycles. The average molecular weight is 860 g/mol. The van der Waals surface area contributed by atoms with Crippen molar-refractivity contribution in [3.05, 3.63) is 119 Å². The molecule has 0 spiro atoms. The highest BCUT2D eigenvalue weighted by atomic mass is 35.5. The van der Waals surface area contributed by atoms with Crippen molar-refractivity contribution in [2.24, 2.45) is 22.9 Å². The maximum atomic E-state index is 11.7. The number of ether oxygens (including phenoxy) is 2. The van der Waals surface area contributed by atoms with Gasteiger partial charge in [-0.05, 0) is 98.3 Å². The van der Waals surface area contributed by atoms with E-state index in [0.717, 1.165) is 0 Å². The Morgan fingerprint density at radius 3 is 1.76 bits per heavy atom. The Hall–Kier alpha value is -8.37. The van der Waals surface area contributed by atoms with Crippen LogP contribution in [0.5, 0.6) is 23.3 Å². The molecule has 3 aromatic carbocycles. The number of halogens is 1. The molecular formula is C42H42ClN13O6. The highest BCUT2D eigenvalue weighted by Gasteiger charge is 2.18. The first-order valence-electron chi connectivity index (χ1n) is 18.6. The van der Waals surface area contributed by atoms with Gasteiger partial charge in [0, 0.05) is 34.5 Å². The largest absolute Gasteiger partial charge is 0.457 e. The molecule has 3 aromatic heterocycles.